The number of carbonyl (C=O) groups excluding carboxylic acids is 2. The molecule has 0 aromatic carbocycles. The van der Waals surface area contributed by atoms with Crippen LogP contribution in [0.1, 0.15) is 59.5 Å². The molecule has 1 N–H and O–H groups in total. The first-order valence-electron chi connectivity index (χ1n) is 10.1. The predicted octanol–water partition coefficient (Wildman–Crippen LogP) is 2.52. The molecule has 3 heterocycles. The van der Waals surface area contributed by atoms with E-state index in [1.54, 1.807) is 0 Å². The summed E-state index contributed by atoms with van der Waals surface area (Å²) in [6.45, 7) is 17.3. The molecule has 0 saturated carbocycles. The molecular formula is C21H36N4O3. The van der Waals surface area contributed by atoms with E-state index in [2.05, 4.69) is 14.9 Å². The monoisotopic (exact) mass is 392 g/mol. The predicted molar refractivity (Wildman–Crippen MR) is 109 cm³/mol. The fourth-order valence-corrected chi connectivity index (χ4v) is 3.09. The second-order valence-electron chi connectivity index (χ2n) is 9.75. The van der Waals surface area contributed by atoms with Gasteiger partial charge in [-0.1, -0.05) is 41.5 Å². The van der Waals surface area contributed by atoms with Crippen molar-refractivity contribution in [2.75, 3.05) is 19.8 Å². The average Bonchev–Trinajstić information content (AvgIpc) is 3.20. The van der Waals surface area contributed by atoms with Crippen LogP contribution in [0.5, 0.6) is 0 Å². The average molecular weight is 393 g/mol. The van der Waals surface area contributed by atoms with Crippen molar-refractivity contribution in [3.05, 3.63) is 17.7 Å². The third kappa shape index (κ3) is 6.06. The number of amides is 2. The number of aromatic nitrogens is 2. The zero-order valence-corrected chi connectivity index (χ0v) is 18.5. The zero-order chi connectivity index (χ0) is 21.1. The molecule has 0 bridgehead atoms. The molecule has 158 valence electrons. The van der Waals surface area contributed by atoms with Gasteiger partial charge in [-0.3, -0.25) is 9.59 Å². The quantitative estimate of drug-likeness (QED) is 0.797. The van der Waals surface area contributed by atoms with E-state index < -0.39 is 0 Å². The van der Waals surface area contributed by atoms with Gasteiger partial charge in [0.1, 0.15) is 5.82 Å². The fourth-order valence-electron chi connectivity index (χ4n) is 3.09. The molecule has 2 aliphatic heterocycles. The van der Waals surface area contributed by atoms with Gasteiger partial charge >= 0.3 is 0 Å². The SMILES string of the molecule is CC(C)(C)C(=O)N[C@@H]1CCOC1.Cc1cn2c(n1)CN(C(=O)C(C)(C)C)CC2. The lowest BCUT2D eigenvalue weighted by Crippen LogP contribution is -2.43. The molecule has 2 amide bonds. The van der Waals surface area contributed by atoms with Crippen LogP contribution >= 0.6 is 0 Å². The first-order valence-corrected chi connectivity index (χ1v) is 10.1. The van der Waals surface area contributed by atoms with Crippen molar-refractivity contribution in [2.45, 2.75) is 74.0 Å². The van der Waals surface area contributed by atoms with Crippen LogP contribution in [0.4, 0.5) is 0 Å². The molecular weight excluding hydrogens is 356 g/mol. The largest absolute Gasteiger partial charge is 0.379 e. The summed E-state index contributed by atoms with van der Waals surface area (Å²) in [5, 5.41) is 2.95. The number of carbonyl (C=O) groups is 2. The van der Waals surface area contributed by atoms with Gasteiger partial charge < -0.3 is 19.5 Å². The molecule has 3 rings (SSSR count). The number of rotatable bonds is 1. The van der Waals surface area contributed by atoms with E-state index in [9.17, 15) is 9.59 Å². The van der Waals surface area contributed by atoms with Crippen molar-refractivity contribution in [2.24, 2.45) is 10.8 Å². The van der Waals surface area contributed by atoms with Crippen molar-refractivity contribution in [3.63, 3.8) is 0 Å². The van der Waals surface area contributed by atoms with E-state index in [-0.39, 0.29) is 28.7 Å². The molecule has 0 aliphatic carbocycles. The summed E-state index contributed by atoms with van der Waals surface area (Å²) in [6.07, 6.45) is 3.00. The lowest BCUT2D eigenvalue weighted by molar-refractivity contribution is -0.141. The van der Waals surface area contributed by atoms with Crippen LogP contribution in [0, 0.1) is 17.8 Å². The standard InChI is InChI=1S/C12H19N3O.C9H17NO2/c1-9-7-14-5-6-15(8-10(14)13-9)11(16)12(2,3)4;1-9(2,3)8(11)10-7-4-5-12-6-7/h7H,5-6,8H2,1-4H3;7H,4-6H2,1-3H3,(H,10,11)/t;7-/m.1/s1. The lowest BCUT2D eigenvalue weighted by atomic mass is 9.94. The maximum atomic E-state index is 12.1. The number of nitrogens with one attached hydrogen (secondary N) is 1. The van der Waals surface area contributed by atoms with Crippen LogP contribution in [-0.4, -0.2) is 52.1 Å². The number of nitrogens with zero attached hydrogens (tertiary/aromatic N) is 3. The Bertz CT molecular complexity index is 691. The van der Waals surface area contributed by atoms with Crippen molar-refractivity contribution in [3.8, 4) is 0 Å². The number of imidazole rings is 1. The molecule has 1 atom stereocenters. The van der Waals surface area contributed by atoms with Gasteiger partial charge in [-0.05, 0) is 13.3 Å². The van der Waals surface area contributed by atoms with Gasteiger partial charge in [0.2, 0.25) is 11.8 Å². The molecule has 1 aromatic heterocycles. The second-order valence-corrected chi connectivity index (χ2v) is 9.75. The van der Waals surface area contributed by atoms with E-state index in [4.69, 9.17) is 4.74 Å². The Balaban J connectivity index is 0.000000209. The molecule has 7 heteroatoms. The minimum absolute atomic E-state index is 0.109. The third-order valence-electron chi connectivity index (χ3n) is 4.80. The van der Waals surface area contributed by atoms with Crippen LogP contribution in [-0.2, 0) is 27.4 Å². The highest BCUT2D eigenvalue weighted by molar-refractivity contribution is 5.82. The molecule has 7 nitrogen and oxygen atoms in total. The van der Waals surface area contributed by atoms with Gasteiger partial charge in [0.25, 0.3) is 0 Å². The molecule has 0 unspecified atom stereocenters. The van der Waals surface area contributed by atoms with Crippen molar-refractivity contribution in [1.82, 2.24) is 19.8 Å². The Labute approximate surface area is 168 Å². The van der Waals surface area contributed by atoms with E-state index >= 15 is 0 Å². The zero-order valence-electron chi connectivity index (χ0n) is 18.5. The number of hydrogen-bond acceptors (Lipinski definition) is 4. The Morgan fingerprint density at radius 3 is 2.36 bits per heavy atom. The maximum Gasteiger partial charge on any atom is 0.228 e. The van der Waals surface area contributed by atoms with Gasteiger partial charge in [0.15, 0.2) is 0 Å². The van der Waals surface area contributed by atoms with Crippen molar-refractivity contribution < 1.29 is 14.3 Å². The summed E-state index contributed by atoms with van der Waals surface area (Å²) in [4.78, 5) is 29.9. The minimum atomic E-state index is -0.302. The van der Waals surface area contributed by atoms with Crippen LogP contribution in [0.2, 0.25) is 0 Å². The van der Waals surface area contributed by atoms with Gasteiger partial charge in [-0.25, -0.2) is 4.98 Å². The van der Waals surface area contributed by atoms with E-state index in [1.165, 1.54) is 0 Å². The molecule has 0 spiro atoms. The van der Waals surface area contributed by atoms with Crippen LogP contribution in [0.25, 0.3) is 0 Å². The minimum Gasteiger partial charge on any atom is -0.379 e. The smallest absolute Gasteiger partial charge is 0.228 e. The maximum absolute atomic E-state index is 12.1. The first kappa shape index (κ1) is 22.4. The van der Waals surface area contributed by atoms with Gasteiger partial charge in [-0.15, -0.1) is 0 Å². The van der Waals surface area contributed by atoms with Crippen molar-refractivity contribution in [1.29, 1.82) is 0 Å². The highest BCUT2D eigenvalue weighted by Gasteiger charge is 2.30. The topological polar surface area (TPSA) is 76.5 Å². The highest BCUT2D eigenvalue weighted by Crippen LogP contribution is 2.21. The Hall–Kier alpha value is -1.89. The summed E-state index contributed by atoms with van der Waals surface area (Å²) >= 11 is 0. The summed E-state index contributed by atoms with van der Waals surface area (Å²) in [5.41, 5.74) is 0.437. The number of hydrogen-bond donors (Lipinski definition) is 1. The number of ether oxygens (including phenoxy) is 1. The van der Waals surface area contributed by atoms with Crippen LogP contribution in [0.3, 0.4) is 0 Å². The molecule has 1 aromatic rings. The number of fused-ring (bicyclic) bond motifs is 1. The summed E-state index contributed by atoms with van der Waals surface area (Å²) in [7, 11) is 0. The van der Waals surface area contributed by atoms with Crippen LogP contribution < -0.4 is 5.32 Å². The van der Waals surface area contributed by atoms with Gasteiger partial charge in [0.05, 0.1) is 24.9 Å². The molecule has 0 radical (unpaired) electrons. The first-order chi connectivity index (χ1) is 12.9. The molecule has 2 aliphatic rings. The molecule has 1 saturated heterocycles. The summed E-state index contributed by atoms with van der Waals surface area (Å²) in [6, 6.07) is 0.233. The Morgan fingerprint density at radius 1 is 1.14 bits per heavy atom. The lowest BCUT2D eigenvalue weighted by Gasteiger charge is -2.32. The van der Waals surface area contributed by atoms with Gasteiger partial charge in [-0.2, -0.15) is 0 Å². The normalized spacial score (nSPS) is 19.5. The van der Waals surface area contributed by atoms with Crippen molar-refractivity contribution >= 4 is 11.8 Å². The summed E-state index contributed by atoms with van der Waals surface area (Å²) < 4.78 is 7.30. The van der Waals surface area contributed by atoms with E-state index in [0.717, 1.165) is 37.6 Å². The molecule has 1 fully saturated rings. The molecule has 28 heavy (non-hydrogen) atoms. The van der Waals surface area contributed by atoms with E-state index in [1.807, 2.05) is 59.6 Å². The van der Waals surface area contributed by atoms with Gasteiger partial charge in [0, 0.05) is 36.7 Å². The fraction of sp³-hybridized carbons (Fsp3) is 0.762. The second kappa shape index (κ2) is 8.64. The Morgan fingerprint density at radius 2 is 1.82 bits per heavy atom. The summed E-state index contributed by atoms with van der Waals surface area (Å²) in [5.74, 6) is 1.32. The number of aryl methyl sites for hydroxylation is 1. The van der Waals surface area contributed by atoms with Crippen LogP contribution in [0.15, 0.2) is 6.20 Å². The Kier molecular flexibility index (Phi) is 6.91. The highest BCUT2D eigenvalue weighted by atomic mass is 16.5. The van der Waals surface area contributed by atoms with E-state index in [0.29, 0.717) is 13.2 Å². The third-order valence-corrected chi connectivity index (χ3v) is 4.80.